The van der Waals surface area contributed by atoms with Crippen LogP contribution in [-0.4, -0.2) is 4.98 Å². The van der Waals surface area contributed by atoms with Gasteiger partial charge in [-0.15, -0.1) is 0 Å². The van der Waals surface area contributed by atoms with Crippen LogP contribution in [0, 0.1) is 6.92 Å². The second-order valence-corrected chi connectivity index (χ2v) is 4.95. The van der Waals surface area contributed by atoms with Gasteiger partial charge in [0.05, 0.1) is 5.69 Å². The van der Waals surface area contributed by atoms with E-state index in [1.165, 1.54) is 11.1 Å². The van der Waals surface area contributed by atoms with Crippen molar-refractivity contribution in [2.45, 2.75) is 13.5 Å². The molecule has 0 aliphatic heterocycles. The molecular weight excluding hydrogens is 258 g/mol. The topological polar surface area (TPSA) is 22.1 Å². The Balaban J connectivity index is 1.68. The van der Waals surface area contributed by atoms with Crippen LogP contribution in [-0.2, 0) is 6.61 Å². The van der Waals surface area contributed by atoms with Crippen molar-refractivity contribution >= 4 is 0 Å². The smallest absolute Gasteiger partial charge is 0.130 e. The fourth-order valence-electron chi connectivity index (χ4n) is 2.21. The molecule has 3 rings (SSSR count). The minimum absolute atomic E-state index is 0.492. The fraction of sp³-hybridized carbons (Fsp3) is 0.105. The maximum absolute atomic E-state index is 5.78. The number of pyridine rings is 1. The van der Waals surface area contributed by atoms with Crippen LogP contribution >= 0.6 is 0 Å². The number of benzene rings is 2. The number of hydrogen-bond donors (Lipinski definition) is 0. The van der Waals surface area contributed by atoms with Crippen molar-refractivity contribution < 1.29 is 4.74 Å². The van der Waals surface area contributed by atoms with Gasteiger partial charge in [-0.25, -0.2) is 0 Å². The van der Waals surface area contributed by atoms with Crippen molar-refractivity contribution in [3.05, 3.63) is 84.2 Å². The normalized spacial score (nSPS) is 10.3. The zero-order valence-corrected chi connectivity index (χ0v) is 12.0. The fourth-order valence-corrected chi connectivity index (χ4v) is 2.21. The quantitative estimate of drug-likeness (QED) is 0.692. The summed E-state index contributed by atoms with van der Waals surface area (Å²) in [5.74, 6) is 0.859. The Labute approximate surface area is 125 Å². The molecule has 0 saturated carbocycles. The summed E-state index contributed by atoms with van der Waals surface area (Å²) < 4.78 is 5.78. The largest absolute Gasteiger partial charge is 0.487 e. The lowest BCUT2D eigenvalue weighted by atomic mass is 10.1. The lowest BCUT2D eigenvalue weighted by Crippen LogP contribution is -1.98. The van der Waals surface area contributed by atoms with E-state index in [0.717, 1.165) is 17.1 Å². The molecule has 2 aromatic carbocycles. The van der Waals surface area contributed by atoms with Gasteiger partial charge in [-0.3, -0.25) is 4.98 Å². The molecule has 0 aliphatic carbocycles. The number of aryl methyl sites for hydroxylation is 1. The van der Waals surface area contributed by atoms with Gasteiger partial charge in [0.15, 0.2) is 0 Å². The zero-order chi connectivity index (χ0) is 14.5. The average Bonchev–Trinajstić information content (AvgIpc) is 2.54. The molecule has 0 amide bonds. The van der Waals surface area contributed by atoms with E-state index in [4.69, 9.17) is 4.74 Å². The van der Waals surface area contributed by atoms with Crippen molar-refractivity contribution in [1.29, 1.82) is 0 Å². The van der Waals surface area contributed by atoms with Crippen LogP contribution in [0.15, 0.2) is 72.8 Å². The zero-order valence-electron chi connectivity index (χ0n) is 12.0. The van der Waals surface area contributed by atoms with Gasteiger partial charge in [0.25, 0.3) is 0 Å². The predicted octanol–water partition coefficient (Wildman–Crippen LogP) is 4.64. The molecule has 0 bridgehead atoms. The van der Waals surface area contributed by atoms with Crippen LogP contribution in [0.25, 0.3) is 11.1 Å². The van der Waals surface area contributed by atoms with Crippen molar-refractivity contribution in [2.75, 3.05) is 0 Å². The van der Waals surface area contributed by atoms with Gasteiger partial charge in [0, 0.05) is 5.69 Å². The monoisotopic (exact) mass is 275 g/mol. The molecule has 0 saturated heterocycles. The molecule has 104 valence electrons. The molecule has 0 aliphatic rings. The first-order valence-electron chi connectivity index (χ1n) is 7.02. The van der Waals surface area contributed by atoms with Gasteiger partial charge in [-0.05, 0) is 42.3 Å². The highest BCUT2D eigenvalue weighted by molar-refractivity contribution is 5.63. The van der Waals surface area contributed by atoms with Crippen LogP contribution in [0.2, 0.25) is 0 Å². The van der Waals surface area contributed by atoms with Crippen LogP contribution in [0.1, 0.15) is 11.4 Å². The van der Waals surface area contributed by atoms with Crippen LogP contribution in [0.3, 0.4) is 0 Å². The highest BCUT2D eigenvalue weighted by Crippen LogP contribution is 2.22. The van der Waals surface area contributed by atoms with Gasteiger partial charge in [0.1, 0.15) is 12.4 Å². The molecule has 0 spiro atoms. The average molecular weight is 275 g/mol. The minimum Gasteiger partial charge on any atom is -0.487 e. The summed E-state index contributed by atoms with van der Waals surface area (Å²) in [6.45, 7) is 2.48. The molecule has 21 heavy (non-hydrogen) atoms. The molecule has 0 radical (unpaired) electrons. The lowest BCUT2D eigenvalue weighted by molar-refractivity contribution is 0.301. The van der Waals surface area contributed by atoms with Gasteiger partial charge in [-0.1, -0.05) is 48.5 Å². The van der Waals surface area contributed by atoms with E-state index in [9.17, 15) is 0 Å². The summed E-state index contributed by atoms with van der Waals surface area (Å²) in [6.07, 6.45) is 0. The van der Waals surface area contributed by atoms with E-state index >= 15 is 0 Å². The SMILES string of the molecule is Cc1cccc(COc2ccc(-c3ccccc3)cc2)n1. The highest BCUT2D eigenvalue weighted by atomic mass is 16.5. The number of nitrogens with zero attached hydrogens (tertiary/aromatic N) is 1. The molecular formula is C19H17NO. The predicted molar refractivity (Wildman–Crippen MR) is 85.2 cm³/mol. The summed E-state index contributed by atoms with van der Waals surface area (Å²) in [4.78, 5) is 4.43. The van der Waals surface area contributed by atoms with E-state index < -0.39 is 0 Å². The van der Waals surface area contributed by atoms with Gasteiger partial charge in [0.2, 0.25) is 0 Å². The molecule has 0 N–H and O–H groups in total. The summed E-state index contributed by atoms with van der Waals surface area (Å²) in [7, 11) is 0. The Morgan fingerprint density at radius 2 is 1.48 bits per heavy atom. The summed E-state index contributed by atoms with van der Waals surface area (Å²) in [5, 5.41) is 0. The number of ether oxygens (including phenoxy) is 1. The Kier molecular flexibility index (Phi) is 3.97. The second kappa shape index (κ2) is 6.23. The van der Waals surface area contributed by atoms with Gasteiger partial charge >= 0.3 is 0 Å². The first-order valence-corrected chi connectivity index (χ1v) is 7.02. The second-order valence-electron chi connectivity index (χ2n) is 4.95. The summed E-state index contributed by atoms with van der Waals surface area (Å²) >= 11 is 0. The molecule has 1 heterocycles. The Bertz CT molecular complexity index is 705. The van der Waals surface area contributed by atoms with Crippen LogP contribution in [0.5, 0.6) is 5.75 Å². The number of aromatic nitrogens is 1. The van der Waals surface area contributed by atoms with Gasteiger partial charge < -0.3 is 4.74 Å². The van der Waals surface area contributed by atoms with Crippen LogP contribution in [0.4, 0.5) is 0 Å². The first-order chi connectivity index (χ1) is 10.3. The molecule has 2 nitrogen and oxygen atoms in total. The molecule has 0 atom stereocenters. The number of hydrogen-bond acceptors (Lipinski definition) is 2. The summed E-state index contributed by atoms with van der Waals surface area (Å²) in [5.41, 5.74) is 4.36. The molecule has 2 heteroatoms. The minimum atomic E-state index is 0.492. The molecule has 0 unspecified atom stereocenters. The van der Waals surface area contributed by atoms with Crippen molar-refractivity contribution in [3.63, 3.8) is 0 Å². The van der Waals surface area contributed by atoms with E-state index in [0.29, 0.717) is 6.61 Å². The Morgan fingerprint density at radius 3 is 2.19 bits per heavy atom. The lowest BCUT2D eigenvalue weighted by Gasteiger charge is -2.07. The van der Waals surface area contributed by atoms with Crippen molar-refractivity contribution in [1.82, 2.24) is 4.98 Å². The van der Waals surface area contributed by atoms with Crippen LogP contribution < -0.4 is 4.74 Å². The summed E-state index contributed by atoms with van der Waals surface area (Å²) in [6, 6.07) is 24.4. The third-order valence-corrected chi connectivity index (χ3v) is 3.29. The first kappa shape index (κ1) is 13.4. The standard InChI is InChI=1S/C19H17NO/c1-15-6-5-9-18(20-15)14-21-19-12-10-17(11-13-19)16-7-3-2-4-8-16/h2-13H,14H2,1H3. The third kappa shape index (κ3) is 3.48. The third-order valence-electron chi connectivity index (χ3n) is 3.29. The van der Waals surface area contributed by atoms with E-state index in [1.54, 1.807) is 0 Å². The van der Waals surface area contributed by atoms with Crippen molar-refractivity contribution in [3.8, 4) is 16.9 Å². The number of rotatable bonds is 4. The maximum Gasteiger partial charge on any atom is 0.130 e. The highest BCUT2D eigenvalue weighted by Gasteiger charge is 2.00. The molecule has 1 aromatic heterocycles. The van der Waals surface area contributed by atoms with Crippen molar-refractivity contribution in [2.24, 2.45) is 0 Å². The Morgan fingerprint density at radius 1 is 0.762 bits per heavy atom. The van der Waals surface area contributed by atoms with E-state index in [-0.39, 0.29) is 0 Å². The van der Waals surface area contributed by atoms with E-state index in [1.807, 2.05) is 55.5 Å². The Hall–Kier alpha value is -2.61. The molecule has 3 aromatic rings. The van der Waals surface area contributed by atoms with Gasteiger partial charge in [-0.2, -0.15) is 0 Å². The maximum atomic E-state index is 5.78. The molecule has 0 fully saturated rings. The van der Waals surface area contributed by atoms with E-state index in [2.05, 4.69) is 29.2 Å².